The topological polar surface area (TPSA) is 58.5 Å². The first-order chi connectivity index (χ1) is 13.6. The zero-order valence-corrected chi connectivity index (χ0v) is 18.0. The van der Waals surface area contributed by atoms with Crippen molar-refractivity contribution in [3.8, 4) is 5.88 Å². The van der Waals surface area contributed by atoms with E-state index in [2.05, 4.69) is 29.0 Å². The Balaban J connectivity index is 1.51. The Morgan fingerprint density at radius 2 is 2.04 bits per heavy atom. The van der Waals surface area contributed by atoms with Gasteiger partial charge in [0.2, 0.25) is 5.88 Å². The fraction of sp³-hybridized carbons (Fsp3) is 0.636. The average molecular weight is 402 g/mol. The van der Waals surface area contributed by atoms with Crippen LogP contribution in [-0.2, 0) is 6.42 Å². The van der Waals surface area contributed by atoms with Gasteiger partial charge in [-0.25, -0.2) is 9.97 Å². The van der Waals surface area contributed by atoms with E-state index >= 15 is 0 Å². The van der Waals surface area contributed by atoms with Crippen molar-refractivity contribution < 1.29 is 9.84 Å². The van der Waals surface area contributed by atoms with Gasteiger partial charge < -0.3 is 14.7 Å². The van der Waals surface area contributed by atoms with Gasteiger partial charge in [-0.15, -0.1) is 11.3 Å². The van der Waals surface area contributed by atoms with Crippen LogP contribution in [0.15, 0.2) is 18.2 Å². The second-order valence-electron chi connectivity index (χ2n) is 8.47. The molecule has 0 bridgehead atoms. The molecular formula is C22H31N3O2S. The Morgan fingerprint density at radius 1 is 1.25 bits per heavy atom. The highest BCUT2D eigenvalue weighted by Gasteiger charge is 2.31. The minimum absolute atomic E-state index is 0.337. The number of ether oxygens (including phenoxy) is 1. The third-order valence-electron chi connectivity index (χ3n) is 6.49. The van der Waals surface area contributed by atoms with Crippen LogP contribution in [0.1, 0.15) is 61.8 Å². The van der Waals surface area contributed by atoms with Gasteiger partial charge in [-0.3, -0.25) is 0 Å². The molecule has 28 heavy (non-hydrogen) atoms. The first-order valence-corrected chi connectivity index (χ1v) is 11.3. The van der Waals surface area contributed by atoms with Gasteiger partial charge in [0.05, 0.1) is 17.8 Å². The van der Waals surface area contributed by atoms with Crippen molar-refractivity contribution in [1.82, 2.24) is 14.9 Å². The Morgan fingerprint density at radius 3 is 2.75 bits per heavy atom. The average Bonchev–Trinajstić information content (AvgIpc) is 3.26. The van der Waals surface area contributed by atoms with E-state index in [1.807, 2.05) is 6.92 Å². The van der Waals surface area contributed by atoms with Crippen LogP contribution in [0, 0.1) is 5.92 Å². The maximum atomic E-state index is 10.1. The maximum absolute atomic E-state index is 10.1. The van der Waals surface area contributed by atoms with Gasteiger partial charge >= 0.3 is 0 Å². The van der Waals surface area contributed by atoms with E-state index in [0.29, 0.717) is 30.1 Å². The highest BCUT2D eigenvalue weighted by atomic mass is 32.1. The van der Waals surface area contributed by atoms with Crippen LogP contribution in [-0.4, -0.2) is 46.7 Å². The van der Waals surface area contributed by atoms with E-state index < -0.39 is 0 Å². The van der Waals surface area contributed by atoms with Crippen molar-refractivity contribution in [2.75, 3.05) is 20.7 Å². The van der Waals surface area contributed by atoms with Gasteiger partial charge in [0.1, 0.15) is 11.2 Å². The molecule has 1 atom stereocenters. The standard InChI is InChI=1S/C22H31N3O2S/c1-4-17(26)11-15-7-10-18-19(15)20-21(23-13-24-22(20)28-18)27-12-14-5-8-16(9-6-14)25(2)3/h4,13-16,26H,5-12H2,1-3H3/b17-4-/t14?,15-,16?/m1/s1. The first kappa shape index (κ1) is 19.6. The van der Waals surface area contributed by atoms with Crippen LogP contribution < -0.4 is 4.74 Å². The van der Waals surface area contributed by atoms with Gasteiger partial charge in [0.15, 0.2) is 0 Å². The normalized spacial score (nSPS) is 25.4. The van der Waals surface area contributed by atoms with E-state index in [0.717, 1.165) is 35.5 Å². The van der Waals surface area contributed by atoms with Crippen molar-refractivity contribution in [3.05, 3.63) is 28.6 Å². The van der Waals surface area contributed by atoms with Crippen LogP contribution in [0.25, 0.3) is 10.2 Å². The monoisotopic (exact) mass is 401 g/mol. The molecule has 1 fully saturated rings. The van der Waals surface area contributed by atoms with Gasteiger partial charge in [0.25, 0.3) is 0 Å². The summed E-state index contributed by atoms with van der Waals surface area (Å²) in [5, 5.41) is 11.1. The molecule has 0 saturated heterocycles. The van der Waals surface area contributed by atoms with E-state index in [1.165, 1.54) is 36.1 Å². The molecule has 1 saturated carbocycles. The number of hydrogen-bond acceptors (Lipinski definition) is 6. The van der Waals surface area contributed by atoms with E-state index in [9.17, 15) is 5.11 Å². The number of allylic oxidation sites excluding steroid dienone is 2. The maximum Gasteiger partial charge on any atom is 0.225 e. The molecule has 2 aromatic heterocycles. The molecule has 0 radical (unpaired) electrons. The third kappa shape index (κ3) is 3.90. The lowest BCUT2D eigenvalue weighted by atomic mass is 9.86. The van der Waals surface area contributed by atoms with Crippen molar-refractivity contribution in [1.29, 1.82) is 0 Å². The van der Waals surface area contributed by atoms with Gasteiger partial charge in [-0.1, -0.05) is 0 Å². The summed E-state index contributed by atoms with van der Waals surface area (Å²) in [4.78, 5) is 13.8. The summed E-state index contributed by atoms with van der Waals surface area (Å²) in [5.41, 5.74) is 1.32. The second-order valence-corrected chi connectivity index (χ2v) is 9.55. The molecule has 2 heterocycles. The zero-order valence-electron chi connectivity index (χ0n) is 17.1. The largest absolute Gasteiger partial charge is 0.513 e. The summed E-state index contributed by atoms with van der Waals surface area (Å²) >= 11 is 1.77. The fourth-order valence-electron chi connectivity index (χ4n) is 4.75. The molecular weight excluding hydrogens is 370 g/mol. The predicted molar refractivity (Wildman–Crippen MR) is 114 cm³/mol. The molecule has 5 nitrogen and oxygen atoms in total. The van der Waals surface area contributed by atoms with Gasteiger partial charge in [0, 0.05) is 17.3 Å². The van der Waals surface area contributed by atoms with E-state index in [-0.39, 0.29) is 0 Å². The fourth-order valence-corrected chi connectivity index (χ4v) is 5.98. The number of aliphatic hydroxyl groups excluding tert-OH is 1. The molecule has 4 rings (SSSR count). The summed E-state index contributed by atoms with van der Waals surface area (Å²) in [6.45, 7) is 2.63. The molecule has 0 amide bonds. The number of hydrogen-bond donors (Lipinski definition) is 1. The molecule has 0 aromatic carbocycles. The van der Waals surface area contributed by atoms with Crippen LogP contribution in [0.2, 0.25) is 0 Å². The lowest BCUT2D eigenvalue weighted by Gasteiger charge is -2.32. The quantitative estimate of drug-likeness (QED) is 0.685. The van der Waals surface area contributed by atoms with Crippen molar-refractivity contribution in [2.24, 2.45) is 5.92 Å². The molecule has 0 spiro atoms. The molecule has 0 aliphatic heterocycles. The lowest BCUT2D eigenvalue weighted by Crippen LogP contribution is -2.33. The Hall–Kier alpha value is -1.66. The molecule has 2 aliphatic rings. The zero-order chi connectivity index (χ0) is 19.7. The number of rotatable bonds is 6. The SMILES string of the molecule is C/C=C(\O)C[C@H]1CCc2sc3ncnc(OCC4CCC(N(C)C)CC4)c3c21. The molecule has 2 aliphatic carbocycles. The second kappa shape index (κ2) is 8.37. The summed E-state index contributed by atoms with van der Waals surface area (Å²) in [5.74, 6) is 2.15. The van der Waals surface area contributed by atoms with Crippen LogP contribution in [0.5, 0.6) is 5.88 Å². The van der Waals surface area contributed by atoms with E-state index in [4.69, 9.17) is 4.74 Å². The summed E-state index contributed by atoms with van der Waals surface area (Å²) in [7, 11) is 4.36. The minimum Gasteiger partial charge on any atom is -0.513 e. The molecule has 152 valence electrons. The Labute approximate surface area is 171 Å². The third-order valence-corrected chi connectivity index (χ3v) is 7.66. The summed E-state index contributed by atoms with van der Waals surface area (Å²) < 4.78 is 6.28. The number of aliphatic hydroxyl groups is 1. The van der Waals surface area contributed by atoms with E-state index in [1.54, 1.807) is 23.7 Å². The smallest absolute Gasteiger partial charge is 0.225 e. The summed E-state index contributed by atoms with van der Waals surface area (Å²) in [6.07, 6.45) is 11.2. The molecule has 1 N–H and O–H groups in total. The van der Waals surface area contributed by atoms with Crippen LogP contribution in [0.3, 0.4) is 0 Å². The molecule has 2 aromatic rings. The highest BCUT2D eigenvalue weighted by Crippen LogP contribution is 2.47. The van der Waals surface area contributed by atoms with Gasteiger partial charge in [-0.05, 0) is 83.0 Å². The number of aryl methyl sites for hydroxylation is 1. The first-order valence-electron chi connectivity index (χ1n) is 10.5. The molecule has 0 unspecified atom stereocenters. The number of nitrogens with zero attached hydrogens (tertiary/aromatic N) is 3. The van der Waals surface area contributed by atoms with Gasteiger partial charge in [-0.2, -0.15) is 0 Å². The number of fused-ring (bicyclic) bond motifs is 3. The Bertz CT molecular complexity index is 853. The van der Waals surface area contributed by atoms with Crippen LogP contribution >= 0.6 is 11.3 Å². The lowest BCUT2D eigenvalue weighted by molar-refractivity contribution is 0.150. The minimum atomic E-state index is 0.337. The number of thiophene rings is 1. The van der Waals surface area contributed by atoms with Crippen LogP contribution in [0.4, 0.5) is 0 Å². The highest BCUT2D eigenvalue weighted by molar-refractivity contribution is 7.19. The number of aromatic nitrogens is 2. The Kier molecular flexibility index (Phi) is 5.88. The summed E-state index contributed by atoms with van der Waals surface area (Å²) in [6, 6.07) is 0.710. The van der Waals surface area contributed by atoms with Crippen molar-refractivity contribution in [3.63, 3.8) is 0 Å². The van der Waals surface area contributed by atoms with Crippen molar-refractivity contribution in [2.45, 2.75) is 63.8 Å². The predicted octanol–water partition coefficient (Wildman–Crippen LogP) is 5.07. The molecule has 6 heteroatoms. The van der Waals surface area contributed by atoms with Crippen molar-refractivity contribution >= 4 is 21.6 Å².